The van der Waals surface area contributed by atoms with Crippen molar-refractivity contribution in [3.05, 3.63) is 36.0 Å². The highest BCUT2D eigenvalue weighted by Crippen LogP contribution is 2.65. The minimum Gasteiger partial charge on any atom is -0.390 e. The smallest absolute Gasteiger partial charge is 0.178 e. The molecular formula is C20H26O2. The summed E-state index contributed by atoms with van der Waals surface area (Å²) in [6, 6.07) is 0. The SMILES string of the molecule is CC12C=CC(=O)C=C1C=CC1C2CCC2(C)C1CCC2(C)O. The van der Waals surface area contributed by atoms with Gasteiger partial charge >= 0.3 is 0 Å². The first-order valence-corrected chi connectivity index (χ1v) is 8.64. The fourth-order valence-electron chi connectivity index (χ4n) is 5.90. The van der Waals surface area contributed by atoms with Crippen LogP contribution in [0.4, 0.5) is 0 Å². The third-order valence-electron chi connectivity index (χ3n) is 7.68. The van der Waals surface area contributed by atoms with Crippen LogP contribution in [0.25, 0.3) is 0 Å². The molecule has 4 aliphatic rings. The predicted octanol–water partition coefficient (Wildman–Crippen LogP) is 3.82. The van der Waals surface area contributed by atoms with Crippen LogP contribution in [0.2, 0.25) is 0 Å². The molecule has 0 heterocycles. The van der Waals surface area contributed by atoms with Crippen molar-refractivity contribution in [1.82, 2.24) is 0 Å². The van der Waals surface area contributed by atoms with E-state index >= 15 is 0 Å². The molecule has 0 aliphatic heterocycles. The average molecular weight is 298 g/mol. The summed E-state index contributed by atoms with van der Waals surface area (Å²) < 4.78 is 0. The lowest BCUT2D eigenvalue weighted by Gasteiger charge is -2.56. The molecule has 4 aliphatic carbocycles. The molecule has 118 valence electrons. The Balaban J connectivity index is 1.77. The van der Waals surface area contributed by atoms with Gasteiger partial charge in [0.2, 0.25) is 0 Å². The van der Waals surface area contributed by atoms with Crippen LogP contribution in [0.15, 0.2) is 36.0 Å². The lowest BCUT2D eigenvalue weighted by Crippen LogP contribution is -2.52. The van der Waals surface area contributed by atoms with Crippen molar-refractivity contribution < 1.29 is 9.90 Å². The van der Waals surface area contributed by atoms with E-state index in [-0.39, 0.29) is 16.6 Å². The van der Waals surface area contributed by atoms with Crippen molar-refractivity contribution >= 4 is 5.78 Å². The lowest BCUT2D eigenvalue weighted by atomic mass is 9.49. The molecule has 2 saturated carbocycles. The first-order valence-electron chi connectivity index (χ1n) is 8.64. The van der Waals surface area contributed by atoms with Crippen LogP contribution in [0, 0.1) is 28.6 Å². The molecule has 4 rings (SSSR count). The Hall–Kier alpha value is -1.15. The first kappa shape index (κ1) is 14.4. The number of rotatable bonds is 0. The summed E-state index contributed by atoms with van der Waals surface area (Å²) in [6.07, 6.45) is 14.5. The van der Waals surface area contributed by atoms with Gasteiger partial charge in [0, 0.05) is 5.41 Å². The summed E-state index contributed by atoms with van der Waals surface area (Å²) in [5, 5.41) is 10.9. The van der Waals surface area contributed by atoms with Crippen molar-refractivity contribution in [1.29, 1.82) is 0 Å². The maximum Gasteiger partial charge on any atom is 0.178 e. The van der Waals surface area contributed by atoms with Gasteiger partial charge in [0.05, 0.1) is 5.60 Å². The lowest BCUT2D eigenvalue weighted by molar-refractivity contribution is -0.111. The number of fused-ring (bicyclic) bond motifs is 5. The van der Waals surface area contributed by atoms with Crippen LogP contribution < -0.4 is 0 Å². The molecule has 2 fully saturated rings. The second-order valence-electron chi connectivity index (χ2n) is 8.54. The van der Waals surface area contributed by atoms with Crippen LogP contribution in [0.1, 0.15) is 46.5 Å². The maximum atomic E-state index is 11.7. The summed E-state index contributed by atoms with van der Waals surface area (Å²) in [4.78, 5) is 11.7. The fourth-order valence-corrected chi connectivity index (χ4v) is 5.90. The average Bonchev–Trinajstić information content (AvgIpc) is 2.70. The maximum absolute atomic E-state index is 11.7. The molecule has 2 heteroatoms. The van der Waals surface area contributed by atoms with E-state index in [1.165, 1.54) is 5.57 Å². The van der Waals surface area contributed by atoms with E-state index in [0.29, 0.717) is 17.8 Å². The van der Waals surface area contributed by atoms with Gasteiger partial charge in [0.1, 0.15) is 0 Å². The Kier molecular flexibility index (Phi) is 2.77. The molecule has 0 aromatic heterocycles. The van der Waals surface area contributed by atoms with Crippen molar-refractivity contribution in [2.24, 2.45) is 28.6 Å². The van der Waals surface area contributed by atoms with Crippen molar-refractivity contribution in [3.63, 3.8) is 0 Å². The molecule has 0 radical (unpaired) electrons. The number of aliphatic hydroxyl groups is 1. The van der Waals surface area contributed by atoms with E-state index in [2.05, 4.69) is 32.1 Å². The highest BCUT2D eigenvalue weighted by molar-refractivity contribution is 6.01. The number of allylic oxidation sites excluding steroid dienone is 6. The summed E-state index contributed by atoms with van der Waals surface area (Å²) in [7, 11) is 0. The van der Waals surface area contributed by atoms with Gasteiger partial charge in [0.15, 0.2) is 5.78 Å². The van der Waals surface area contributed by atoms with Crippen LogP contribution in [-0.2, 0) is 4.79 Å². The Labute approximate surface area is 133 Å². The van der Waals surface area contributed by atoms with Crippen LogP contribution in [-0.4, -0.2) is 16.5 Å². The topological polar surface area (TPSA) is 37.3 Å². The van der Waals surface area contributed by atoms with Gasteiger partial charge in [-0.25, -0.2) is 0 Å². The van der Waals surface area contributed by atoms with Crippen molar-refractivity contribution in [2.75, 3.05) is 0 Å². The van der Waals surface area contributed by atoms with Crippen molar-refractivity contribution in [3.8, 4) is 0 Å². The van der Waals surface area contributed by atoms with E-state index in [4.69, 9.17) is 0 Å². The Bertz CT molecular complexity index is 624. The second kappa shape index (κ2) is 4.23. The normalized spacial score (nSPS) is 52.8. The summed E-state index contributed by atoms with van der Waals surface area (Å²) in [5.74, 6) is 1.75. The molecule has 2 nitrogen and oxygen atoms in total. The summed E-state index contributed by atoms with van der Waals surface area (Å²) in [5.41, 5.74) is 0.661. The number of hydrogen-bond donors (Lipinski definition) is 1. The van der Waals surface area contributed by atoms with Crippen molar-refractivity contribution in [2.45, 2.75) is 52.1 Å². The largest absolute Gasteiger partial charge is 0.390 e. The molecule has 1 N–H and O–H groups in total. The summed E-state index contributed by atoms with van der Waals surface area (Å²) in [6.45, 7) is 6.62. The predicted molar refractivity (Wildman–Crippen MR) is 87.1 cm³/mol. The number of hydrogen-bond acceptors (Lipinski definition) is 2. The fraction of sp³-hybridized carbons (Fsp3) is 0.650. The zero-order valence-corrected chi connectivity index (χ0v) is 13.8. The van der Waals surface area contributed by atoms with Gasteiger partial charge < -0.3 is 5.11 Å². The number of carbonyl (C=O) groups is 1. The van der Waals surface area contributed by atoms with Gasteiger partial charge in [-0.2, -0.15) is 0 Å². The van der Waals surface area contributed by atoms with Gasteiger partial charge in [-0.3, -0.25) is 4.79 Å². The number of carbonyl (C=O) groups excluding carboxylic acids is 1. The third-order valence-corrected chi connectivity index (χ3v) is 7.68. The molecular weight excluding hydrogens is 272 g/mol. The van der Waals surface area contributed by atoms with Gasteiger partial charge in [-0.1, -0.05) is 32.1 Å². The standard InChI is InChI=1S/C20H26O2/c1-18-9-6-14(21)12-13(18)4-5-15-16(18)7-10-19(2)17(15)8-11-20(19,3)22/h4-6,9,12,15-17,22H,7-8,10-11H2,1-3H3. The Morgan fingerprint density at radius 2 is 1.82 bits per heavy atom. The third kappa shape index (κ3) is 1.62. The molecule has 0 bridgehead atoms. The van der Waals surface area contributed by atoms with E-state index < -0.39 is 5.60 Å². The highest BCUT2D eigenvalue weighted by atomic mass is 16.3. The molecule has 0 aromatic rings. The molecule has 0 aromatic carbocycles. The van der Waals surface area contributed by atoms with Gasteiger partial charge in [0.25, 0.3) is 0 Å². The van der Waals surface area contributed by atoms with Gasteiger partial charge in [-0.15, -0.1) is 0 Å². The van der Waals surface area contributed by atoms with E-state index in [0.717, 1.165) is 25.7 Å². The minimum absolute atomic E-state index is 0.0108. The quantitative estimate of drug-likeness (QED) is 0.738. The first-order chi connectivity index (χ1) is 10.3. The molecule has 0 amide bonds. The van der Waals surface area contributed by atoms with E-state index in [9.17, 15) is 9.90 Å². The van der Waals surface area contributed by atoms with E-state index in [1.807, 2.05) is 13.0 Å². The van der Waals surface area contributed by atoms with Crippen LogP contribution in [0.3, 0.4) is 0 Å². The Morgan fingerprint density at radius 1 is 1.09 bits per heavy atom. The van der Waals surface area contributed by atoms with Crippen LogP contribution >= 0.6 is 0 Å². The van der Waals surface area contributed by atoms with Crippen LogP contribution in [0.5, 0.6) is 0 Å². The monoisotopic (exact) mass is 298 g/mol. The highest BCUT2D eigenvalue weighted by Gasteiger charge is 2.61. The summed E-state index contributed by atoms with van der Waals surface area (Å²) >= 11 is 0. The zero-order valence-electron chi connectivity index (χ0n) is 13.8. The second-order valence-corrected chi connectivity index (χ2v) is 8.54. The molecule has 22 heavy (non-hydrogen) atoms. The molecule has 6 unspecified atom stereocenters. The molecule has 0 saturated heterocycles. The zero-order chi connectivity index (χ0) is 15.8. The minimum atomic E-state index is -0.536. The number of ketones is 1. The molecule has 0 spiro atoms. The Morgan fingerprint density at radius 3 is 2.59 bits per heavy atom. The van der Waals surface area contributed by atoms with Gasteiger partial charge in [-0.05, 0) is 73.5 Å². The molecule has 6 atom stereocenters. The van der Waals surface area contributed by atoms with E-state index in [1.54, 1.807) is 6.08 Å².